The lowest BCUT2D eigenvalue weighted by Crippen LogP contribution is -2.22. The van der Waals surface area contributed by atoms with Gasteiger partial charge in [0.05, 0.1) is 18.2 Å². The summed E-state index contributed by atoms with van der Waals surface area (Å²) in [6.45, 7) is 4.61. The van der Waals surface area contributed by atoms with E-state index in [4.69, 9.17) is 11.0 Å². The number of anilines is 1. The Labute approximate surface area is 124 Å². The third-order valence-electron chi connectivity index (χ3n) is 3.29. The third-order valence-corrected chi connectivity index (χ3v) is 3.29. The fourth-order valence-corrected chi connectivity index (χ4v) is 1.87. The van der Waals surface area contributed by atoms with Gasteiger partial charge in [0.1, 0.15) is 0 Å². The molecule has 0 amide bonds. The van der Waals surface area contributed by atoms with Gasteiger partial charge < -0.3 is 11.1 Å². The molecular weight excluding hydrogens is 260 g/mol. The lowest BCUT2D eigenvalue weighted by Gasteiger charge is -2.08. The molecule has 0 aliphatic rings. The number of guanidine groups is 1. The van der Waals surface area contributed by atoms with Gasteiger partial charge in [-0.15, -0.1) is 0 Å². The monoisotopic (exact) mass is 278 g/mol. The van der Waals surface area contributed by atoms with Crippen LogP contribution in [0.5, 0.6) is 0 Å². The van der Waals surface area contributed by atoms with Crippen molar-refractivity contribution in [3.8, 4) is 6.07 Å². The van der Waals surface area contributed by atoms with Crippen molar-refractivity contribution in [2.75, 3.05) is 5.32 Å². The summed E-state index contributed by atoms with van der Waals surface area (Å²) in [7, 11) is 0. The predicted octanol–water partition coefficient (Wildman–Crippen LogP) is 3.10. The van der Waals surface area contributed by atoms with Crippen molar-refractivity contribution in [1.82, 2.24) is 0 Å². The maximum atomic E-state index is 8.75. The first kappa shape index (κ1) is 14.6. The first-order valence-corrected chi connectivity index (χ1v) is 6.72. The summed E-state index contributed by atoms with van der Waals surface area (Å²) in [6, 6.07) is 15.5. The van der Waals surface area contributed by atoms with Crippen LogP contribution < -0.4 is 11.1 Å². The smallest absolute Gasteiger partial charge is 0.193 e. The van der Waals surface area contributed by atoms with E-state index in [1.165, 1.54) is 11.1 Å². The number of nitrogens with zero attached hydrogens (tertiary/aromatic N) is 2. The Morgan fingerprint density at radius 1 is 1.14 bits per heavy atom. The number of aryl methyl sites for hydroxylation is 2. The summed E-state index contributed by atoms with van der Waals surface area (Å²) >= 11 is 0. The second kappa shape index (κ2) is 6.58. The number of hydrogen-bond acceptors (Lipinski definition) is 2. The molecule has 0 radical (unpaired) electrons. The fraction of sp³-hybridized carbons (Fsp3) is 0.176. The van der Waals surface area contributed by atoms with E-state index in [9.17, 15) is 0 Å². The van der Waals surface area contributed by atoms with E-state index in [1.807, 2.05) is 30.3 Å². The Morgan fingerprint density at radius 3 is 2.48 bits per heavy atom. The minimum Gasteiger partial charge on any atom is -0.370 e. The van der Waals surface area contributed by atoms with Crippen LogP contribution in [0.2, 0.25) is 0 Å². The van der Waals surface area contributed by atoms with E-state index in [-0.39, 0.29) is 0 Å². The van der Waals surface area contributed by atoms with Crippen LogP contribution in [-0.2, 0) is 6.54 Å². The van der Waals surface area contributed by atoms with Gasteiger partial charge in [0.2, 0.25) is 0 Å². The Kier molecular flexibility index (Phi) is 4.57. The highest BCUT2D eigenvalue weighted by molar-refractivity contribution is 5.92. The molecule has 0 atom stereocenters. The molecule has 2 rings (SSSR count). The summed E-state index contributed by atoms with van der Waals surface area (Å²) in [5, 5.41) is 11.8. The molecule has 0 spiro atoms. The first-order chi connectivity index (χ1) is 10.1. The molecule has 0 saturated heterocycles. The molecule has 0 bridgehead atoms. The summed E-state index contributed by atoms with van der Waals surface area (Å²) in [6.07, 6.45) is 0. The summed E-state index contributed by atoms with van der Waals surface area (Å²) < 4.78 is 0. The molecule has 4 nitrogen and oxygen atoms in total. The molecular formula is C17H18N4. The predicted molar refractivity (Wildman–Crippen MR) is 86.0 cm³/mol. The number of rotatable bonds is 3. The molecule has 2 aromatic rings. The Morgan fingerprint density at radius 2 is 1.86 bits per heavy atom. The van der Waals surface area contributed by atoms with E-state index in [0.29, 0.717) is 18.1 Å². The number of nitrogens with two attached hydrogens (primary N) is 1. The number of hydrogen-bond donors (Lipinski definition) is 2. The maximum absolute atomic E-state index is 8.75. The summed E-state index contributed by atoms with van der Waals surface area (Å²) in [4.78, 5) is 4.30. The summed E-state index contributed by atoms with van der Waals surface area (Å²) in [5.41, 5.74) is 10.9. The number of benzene rings is 2. The van der Waals surface area contributed by atoms with Gasteiger partial charge in [-0.1, -0.05) is 18.2 Å². The zero-order valence-electron chi connectivity index (χ0n) is 12.2. The normalized spacial score (nSPS) is 11.0. The van der Waals surface area contributed by atoms with Crippen LogP contribution in [0.25, 0.3) is 0 Å². The van der Waals surface area contributed by atoms with Crippen molar-refractivity contribution in [2.24, 2.45) is 10.7 Å². The average Bonchev–Trinajstić information content (AvgIpc) is 2.49. The molecule has 3 N–H and O–H groups in total. The zero-order valence-corrected chi connectivity index (χ0v) is 12.2. The van der Waals surface area contributed by atoms with Crippen LogP contribution >= 0.6 is 0 Å². The van der Waals surface area contributed by atoms with Crippen LogP contribution in [-0.4, -0.2) is 5.96 Å². The van der Waals surface area contributed by atoms with Gasteiger partial charge in [0, 0.05) is 5.69 Å². The van der Waals surface area contributed by atoms with Crippen molar-refractivity contribution in [3.05, 3.63) is 64.7 Å². The Balaban J connectivity index is 2.00. The van der Waals surface area contributed by atoms with Gasteiger partial charge in [-0.2, -0.15) is 5.26 Å². The molecule has 0 aromatic heterocycles. The van der Waals surface area contributed by atoms with Crippen molar-refractivity contribution in [1.29, 1.82) is 5.26 Å². The van der Waals surface area contributed by atoms with E-state index in [1.54, 1.807) is 12.1 Å². The van der Waals surface area contributed by atoms with Crippen LogP contribution in [0, 0.1) is 25.2 Å². The van der Waals surface area contributed by atoms with Gasteiger partial charge in [0.15, 0.2) is 5.96 Å². The quantitative estimate of drug-likeness (QED) is 0.669. The van der Waals surface area contributed by atoms with Crippen molar-refractivity contribution < 1.29 is 0 Å². The highest BCUT2D eigenvalue weighted by Crippen LogP contribution is 2.13. The zero-order chi connectivity index (χ0) is 15.2. The Hall–Kier alpha value is -2.80. The fourth-order valence-electron chi connectivity index (χ4n) is 1.87. The van der Waals surface area contributed by atoms with E-state index in [0.717, 1.165) is 11.3 Å². The third kappa shape index (κ3) is 4.08. The molecule has 21 heavy (non-hydrogen) atoms. The maximum Gasteiger partial charge on any atom is 0.193 e. The number of nitriles is 1. The van der Waals surface area contributed by atoms with Gasteiger partial charge in [-0.25, -0.2) is 4.99 Å². The van der Waals surface area contributed by atoms with Crippen LogP contribution in [0.4, 0.5) is 5.69 Å². The molecule has 0 aliphatic carbocycles. The molecule has 106 valence electrons. The second-order valence-electron chi connectivity index (χ2n) is 4.93. The minimum absolute atomic E-state index is 0.377. The van der Waals surface area contributed by atoms with Gasteiger partial charge in [-0.3, -0.25) is 0 Å². The van der Waals surface area contributed by atoms with E-state index >= 15 is 0 Å². The largest absolute Gasteiger partial charge is 0.370 e. The van der Waals surface area contributed by atoms with E-state index in [2.05, 4.69) is 30.2 Å². The molecule has 0 saturated carbocycles. The van der Waals surface area contributed by atoms with Crippen molar-refractivity contribution in [3.63, 3.8) is 0 Å². The molecule has 2 aromatic carbocycles. The highest BCUT2D eigenvalue weighted by Gasteiger charge is 1.98. The van der Waals surface area contributed by atoms with Crippen LogP contribution in [0.1, 0.15) is 22.3 Å². The van der Waals surface area contributed by atoms with Crippen molar-refractivity contribution in [2.45, 2.75) is 20.4 Å². The first-order valence-electron chi connectivity index (χ1n) is 6.72. The van der Waals surface area contributed by atoms with E-state index < -0.39 is 0 Å². The average molecular weight is 278 g/mol. The second-order valence-corrected chi connectivity index (χ2v) is 4.93. The lowest BCUT2D eigenvalue weighted by atomic mass is 10.1. The molecule has 4 heteroatoms. The van der Waals surface area contributed by atoms with Crippen LogP contribution in [0.3, 0.4) is 0 Å². The van der Waals surface area contributed by atoms with Gasteiger partial charge in [0.25, 0.3) is 0 Å². The van der Waals surface area contributed by atoms with Gasteiger partial charge >= 0.3 is 0 Å². The van der Waals surface area contributed by atoms with Gasteiger partial charge in [-0.05, 0) is 54.8 Å². The molecule has 0 aliphatic heterocycles. The SMILES string of the molecule is Cc1ccc(NC(N)=NCc2ccc(C#N)cc2)cc1C. The van der Waals surface area contributed by atoms with Crippen molar-refractivity contribution >= 4 is 11.6 Å². The molecule has 0 fully saturated rings. The molecule has 0 unspecified atom stereocenters. The van der Waals surface area contributed by atoms with Crippen LogP contribution in [0.15, 0.2) is 47.5 Å². The summed E-state index contributed by atoms with van der Waals surface area (Å²) in [5.74, 6) is 0.377. The number of aliphatic imine (C=N–C) groups is 1. The number of nitrogens with one attached hydrogen (secondary N) is 1. The Bertz CT molecular complexity index is 694. The lowest BCUT2D eigenvalue weighted by molar-refractivity contribution is 1.06. The standard InChI is InChI=1S/C17H18N4/c1-12-3-8-16(9-13(12)2)21-17(19)20-11-15-6-4-14(10-18)5-7-15/h3-9H,11H2,1-2H3,(H3,19,20,21). The highest BCUT2D eigenvalue weighted by atomic mass is 15.1. The minimum atomic E-state index is 0.377. The molecule has 0 heterocycles. The topological polar surface area (TPSA) is 74.2 Å².